The van der Waals surface area contributed by atoms with Gasteiger partial charge in [0.25, 0.3) is 5.91 Å². The topological polar surface area (TPSA) is 87.7 Å². The third-order valence-corrected chi connectivity index (χ3v) is 7.56. The Hall–Kier alpha value is -3.87. The van der Waals surface area contributed by atoms with Gasteiger partial charge >= 0.3 is 6.09 Å². The quantitative estimate of drug-likeness (QED) is 0.210. The fourth-order valence-corrected chi connectivity index (χ4v) is 5.09. The number of fused-ring (bicyclic) bond motifs is 1. The van der Waals surface area contributed by atoms with Gasteiger partial charge in [-0.1, -0.05) is 88.6 Å². The number of carbonyl (C=O) groups excluding carboxylic acids is 3. The number of ether oxygens (including phenoxy) is 1. The third kappa shape index (κ3) is 9.57. The second kappa shape index (κ2) is 15.0. The van der Waals surface area contributed by atoms with Gasteiger partial charge in [0.15, 0.2) is 0 Å². The van der Waals surface area contributed by atoms with Crippen LogP contribution in [0.2, 0.25) is 0 Å². The van der Waals surface area contributed by atoms with Crippen LogP contribution in [0.1, 0.15) is 90.0 Å². The van der Waals surface area contributed by atoms with Crippen molar-refractivity contribution >= 4 is 34.4 Å². The normalized spacial score (nSPS) is 13.0. The number of benzene rings is 3. The number of nitrogens with one attached hydrogen (secondary N) is 2. The number of hydrogen-bond donors (Lipinski definition) is 2. The van der Waals surface area contributed by atoms with E-state index in [0.29, 0.717) is 12.2 Å². The summed E-state index contributed by atoms with van der Waals surface area (Å²) in [5.74, 6) is -0.849. The second-order valence-electron chi connectivity index (χ2n) is 12.8. The Balaban J connectivity index is 2.05. The predicted molar refractivity (Wildman–Crippen MR) is 175 cm³/mol. The molecule has 232 valence electrons. The van der Waals surface area contributed by atoms with Crippen LogP contribution >= 0.6 is 0 Å². The maximum absolute atomic E-state index is 14.4. The van der Waals surface area contributed by atoms with Crippen molar-refractivity contribution in [1.82, 2.24) is 10.2 Å². The first-order valence-electron chi connectivity index (χ1n) is 15.5. The summed E-state index contributed by atoms with van der Waals surface area (Å²) in [5, 5.41) is 7.99. The Morgan fingerprint density at radius 1 is 0.860 bits per heavy atom. The number of hydrogen-bond acceptors (Lipinski definition) is 4. The van der Waals surface area contributed by atoms with Crippen LogP contribution in [0, 0.1) is 19.8 Å². The zero-order chi connectivity index (χ0) is 31.7. The molecule has 0 aliphatic heterocycles. The lowest BCUT2D eigenvalue weighted by atomic mass is 9.96. The van der Waals surface area contributed by atoms with Crippen LogP contribution in [0.5, 0.6) is 0 Å². The van der Waals surface area contributed by atoms with E-state index in [1.54, 1.807) is 25.7 Å². The molecular weight excluding hydrogens is 538 g/mol. The van der Waals surface area contributed by atoms with Gasteiger partial charge in [0.05, 0.1) is 0 Å². The highest BCUT2D eigenvalue weighted by Gasteiger charge is 2.37. The molecule has 0 radical (unpaired) electrons. The molecule has 0 aliphatic carbocycles. The van der Waals surface area contributed by atoms with Crippen LogP contribution in [0.15, 0.2) is 60.7 Å². The van der Waals surface area contributed by atoms with E-state index in [-0.39, 0.29) is 17.7 Å². The average molecular weight is 588 g/mol. The zero-order valence-corrected chi connectivity index (χ0v) is 27.1. The molecule has 0 spiro atoms. The molecule has 2 N–H and O–H groups in total. The van der Waals surface area contributed by atoms with Crippen LogP contribution in [-0.4, -0.2) is 41.0 Å². The number of aryl methyl sites for hydroxylation is 2. The van der Waals surface area contributed by atoms with E-state index >= 15 is 0 Å². The van der Waals surface area contributed by atoms with Crippen LogP contribution in [-0.2, 0) is 14.3 Å². The lowest BCUT2D eigenvalue weighted by Crippen LogP contribution is -2.54. The van der Waals surface area contributed by atoms with Gasteiger partial charge in [-0.2, -0.15) is 0 Å². The molecule has 0 saturated heterocycles. The van der Waals surface area contributed by atoms with Gasteiger partial charge in [0.1, 0.15) is 17.7 Å². The van der Waals surface area contributed by atoms with Crippen molar-refractivity contribution < 1.29 is 19.1 Å². The molecule has 43 heavy (non-hydrogen) atoms. The number of carbonyl (C=O) groups is 3. The Morgan fingerprint density at radius 3 is 2.19 bits per heavy atom. The molecule has 3 aromatic carbocycles. The van der Waals surface area contributed by atoms with Gasteiger partial charge in [-0.15, -0.1) is 0 Å². The summed E-state index contributed by atoms with van der Waals surface area (Å²) in [6.07, 6.45) is 3.09. The van der Waals surface area contributed by atoms with E-state index in [9.17, 15) is 14.4 Å². The molecule has 0 fully saturated rings. The van der Waals surface area contributed by atoms with Gasteiger partial charge in [-0.3, -0.25) is 9.59 Å². The molecule has 0 aromatic heterocycles. The third-order valence-electron chi connectivity index (χ3n) is 7.56. The number of anilines is 1. The van der Waals surface area contributed by atoms with E-state index in [1.807, 2.05) is 88.4 Å². The zero-order valence-electron chi connectivity index (χ0n) is 27.1. The van der Waals surface area contributed by atoms with E-state index < -0.39 is 23.8 Å². The average Bonchev–Trinajstić information content (AvgIpc) is 2.93. The maximum Gasteiger partial charge on any atom is 0.408 e. The van der Waals surface area contributed by atoms with Gasteiger partial charge < -0.3 is 20.3 Å². The molecule has 3 aromatic rings. The monoisotopic (exact) mass is 587 g/mol. The van der Waals surface area contributed by atoms with Crippen molar-refractivity contribution in [3.05, 3.63) is 77.4 Å². The van der Waals surface area contributed by atoms with Crippen LogP contribution in [0.25, 0.3) is 10.8 Å². The fraction of sp³-hybridized carbons (Fsp3) is 0.472. The molecule has 0 heterocycles. The van der Waals surface area contributed by atoms with Crippen molar-refractivity contribution in [3.8, 4) is 0 Å². The van der Waals surface area contributed by atoms with E-state index in [0.717, 1.165) is 53.1 Å². The van der Waals surface area contributed by atoms with E-state index in [1.165, 1.54) is 0 Å². The molecule has 3 amide bonds. The first-order valence-corrected chi connectivity index (χ1v) is 15.5. The minimum atomic E-state index is -0.901. The Morgan fingerprint density at radius 2 is 1.56 bits per heavy atom. The highest BCUT2D eigenvalue weighted by Crippen LogP contribution is 2.29. The standard InChI is InChI=1S/C36H49N3O4/c1-9-10-11-14-21-39(34(41)31(24(2)3)38-35(42)43-36(6,7)8)32(29-18-17-25(4)26(5)22-29)33(40)37-30-20-19-27-15-12-13-16-28(27)23-30/h12-13,15-20,22-24,31-32H,9-11,14,21H2,1-8H3,(H,37,40)(H,38,42). The van der Waals surface area contributed by atoms with Crippen molar-refractivity contribution in [2.45, 2.75) is 98.8 Å². The summed E-state index contributed by atoms with van der Waals surface area (Å²) in [7, 11) is 0. The number of rotatable bonds is 12. The van der Waals surface area contributed by atoms with E-state index in [2.05, 4.69) is 17.6 Å². The Labute approximate surface area is 257 Å². The summed E-state index contributed by atoms with van der Waals surface area (Å²) in [5.41, 5.74) is 2.81. The highest BCUT2D eigenvalue weighted by molar-refractivity contribution is 6.00. The molecule has 0 saturated carbocycles. The fourth-order valence-electron chi connectivity index (χ4n) is 5.09. The molecule has 3 rings (SSSR count). The summed E-state index contributed by atoms with van der Waals surface area (Å²) >= 11 is 0. The molecule has 7 nitrogen and oxygen atoms in total. The van der Waals surface area contributed by atoms with Crippen molar-refractivity contribution in [3.63, 3.8) is 0 Å². The lowest BCUT2D eigenvalue weighted by molar-refractivity contribution is -0.141. The Bertz CT molecular complexity index is 1410. The predicted octanol–water partition coefficient (Wildman–Crippen LogP) is 8.09. The van der Waals surface area contributed by atoms with Crippen LogP contribution < -0.4 is 10.6 Å². The van der Waals surface area contributed by atoms with Gasteiger partial charge in [0, 0.05) is 12.2 Å². The first kappa shape index (κ1) is 33.6. The van der Waals surface area contributed by atoms with Gasteiger partial charge in [-0.05, 0) is 86.6 Å². The number of nitrogens with zero attached hydrogens (tertiary/aromatic N) is 1. The lowest BCUT2D eigenvalue weighted by Gasteiger charge is -2.36. The smallest absolute Gasteiger partial charge is 0.408 e. The molecule has 7 heteroatoms. The first-order chi connectivity index (χ1) is 20.3. The molecule has 2 atom stereocenters. The molecule has 0 bridgehead atoms. The van der Waals surface area contributed by atoms with Crippen molar-refractivity contribution in [2.24, 2.45) is 5.92 Å². The largest absolute Gasteiger partial charge is 0.444 e. The SMILES string of the molecule is CCCCCCN(C(=O)C(NC(=O)OC(C)(C)C)C(C)C)C(C(=O)Nc1ccc2ccccc2c1)c1ccc(C)c(C)c1. The number of alkyl carbamates (subject to hydrolysis) is 1. The minimum Gasteiger partial charge on any atom is -0.444 e. The van der Waals surface area contributed by atoms with E-state index in [4.69, 9.17) is 4.74 Å². The van der Waals surface area contributed by atoms with Crippen molar-refractivity contribution in [2.75, 3.05) is 11.9 Å². The van der Waals surface area contributed by atoms with Gasteiger partial charge in [0.2, 0.25) is 5.91 Å². The second-order valence-corrected chi connectivity index (χ2v) is 12.8. The summed E-state index contributed by atoms with van der Waals surface area (Å²) < 4.78 is 5.50. The van der Waals surface area contributed by atoms with Gasteiger partial charge in [-0.25, -0.2) is 4.79 Å². The Kier molecular flexibility index (Phi) is 11.8. The number of unbranched alkanes of at least 4 members (excludes halogenated alkanes) is 3. The molecule has 0 aliphatic rings. The summed E-state index contributed by atoms with van der Waals surface area (Å²) in [6.45, 7) is 15.7. The highest BCUT2D eigenvalue weighted by atomic mass is 16.6. The number of amides is 3. The summed E-state index contributed by atoms with van der Waals surface area (Å²) in [6, 6.07) is 17.9. The minimum absolute atomic E-state index is 0.234. The van der Waals surface area contributed by atoms with Crippen LogP contribution in [0.4, 0.5) is 10.5 Å². The molecular formula is C36H49N3O4. The summed E-state index contributed by atoms with van der Waals surface area (Å²) in [4.78, 5) is 43.2. The van der Waals surface area contributed by atoms with Crippen LogP contribution in [0.3, 0.4) is 0 Å². The maximum atomic E-state index is 14.4. The van der Waals surface area contributed by atoms with Crippen molar-refractivity contribution in [1.29, 1.82) is 0 Å². The molecule has 2 unspecified atom stereocenters.